The van der Waals surface area contributed by atoms with Gasteiger partial charge < -0.3 is 26.6 Å². The second kappa shape index (κ2) is 8.44. The van der Waals surface area contributed by atoms with E-state index < -0.39 is 11.6 Å². The molecule has 1 aromatic carbocycles. The van der Waals surface area contributed by atoms with Crippen molar-refractivity contribution in [2.45, 2.75) is 31.2 Å². The molecule has 4 aliphatic rings. The van der Waals surface area contributed by atoms with Gasteiger partial charge in [0.25, 0.3) is 5.91 Å². The summed E-state index contributed by atoms with van der Waals surface area (Å²) in [5.74, 6) is -0.666. The van der Waals surface area contributed by atoms with Crippen LogP contribution in [-0.2, 0) is 11.2 Å². The van der Waals surface area contributed by atoms with Gasteiger partial charge in [-0.25, -0.2) is 8.78 Å². The van der Waals surface area contributed by atoms with Crippen molar-refractivity contribution in [3.63, 3.8) is 0 Å². The number of thioether (sulfide) groups is 1. The third-order valence-electron chi connectivity index (χ3n) is 6.65. The maximum atomic E-state index is 14.8. The molecule has 4 heterocycles. The van der Waals surface area contributed by atoms with Gasteiger partial charge in [-0.1, -0.05) is 17.8 Å². The number of nitrogens with one attached hydrogen (secondary N) is 3. The predicted molar refractivity (Wildman–Crippen MR) is 123 cm³/mol. The number of dihydropyridines is 1. The van der Waals surface area contributed by atoms with Crippen molar-refractivity contribution in [2.24, 2.45) is 11.7 Å². The Morgan fingerprint density at radius 1 is 1.28 bits per heavy atom. The van der Waals surface area contributed by atoms with Gasteiger partial charge in [-0.15, -0.1) is 0 Å². The van der Waals surface area contributed by atoms with Crippen molar-refractivity contribution in [1.82, 2.24) is 16.0 Å². The molecule has 1 amide bonds. The lowest BCUT2D eigenvalue weighted by atomic mass is 10.1. The van der Waals surface area contributed by atoms with E-state index in [1.165, 1.54) is 23.9 Å². The number of allylic oxidation sites excluding steroid dienone is 3. The van der Waals surface area contributed by atoms with Crippen LogP contribution in [0, 0.1) is 17.6 Å². The lowest BCUT2D eigenvalue weighted by molar-refractivity contribution is -0.116. The number of nitrogens with zero attached hydrogens (tertiary/aromatic N) is 1. The van der Waals surface area contributed by atoms with Crippen LogP contribution in [-0.4, -0.2) is 43.5 Å². The average molecular weight is 460 g/mol. The number of anilines is 1. The zero-order valence-electron chi connectivity index (χ0n) is 17.9. The van der Waals surface area contributed by atoms with Crippen LogP contribution in [0.1, 0.15) is 18.9 Å². The number of rotatable bonds is 5. The number of fused-ring (bicyclic) bond motifs is 2. The largest absolute Gasteiger partial charge is 0.397 e. The quantitative estimate of drug-likeness (QED) is 0.540. The molecule has 1 unspecified atom stereocenters. The van der Waals surface area contributed by atoms with Gasteiger partial charge in [0.15, 0.2) is 0 Å². The molecule has 0 saturated carbocycles. The van der Waals surface area contributed by atoms with Crippen molar-refractivity contribution in [3.05, 3.63) is 63.4 Å². The second-order valence-corrected chi connectivity index (χ2v) is 9.89. The fourth-order valence-corrected chi connectivity index (χ4v) is 6.13. The zero-order chi connectivity index (χ0) is 22.4. The molecule has 0 bridgehead atoms. The average Bonchev–Trinajstić information content (AvgIpc) is 3.44. The van der Waals surface area contributed by atoms with Crippen LogP contribution in [0.5, 0.6) is 0 Å². The van der Waals surface area contributed by atoms with Gasteiger partial charge >= 0.3 is 0 Å². The minimum absolute atomic E-state index is 0.0693. The van der Waals surface area contributed by atoms with Crippen molar-refractivity contribution in [3.8, 4) is 0 Å². The van der Waals surface area contributed by atoms with Crippen LogP contribution >= 0.6 is 11.8 Å². The molecule has 5 rings (SSSR count). The van der Waals surface area contributed by atoms with E-state index in [9.17, 15) is 13.6 Å². The van der Waals surface area contributed by atoms with Crippen molar-refractivity contribution >= 4 is 23.4 Å². The normalized spacial score (nSPS) is 26.5. The van der Waals surface area contributed by atoms with E-state index in [-0.39, 0.29) is 29.8 Å². The smallest absolute Gasteiger partial charge is 0.259 e. The van der Waals surface area contributed by atoms with Gasteiger partial charge in [-0.2, -0.15) is 0 Å². The molecule has 1 aromatic rings. The summed E-state index contributed by atoms with van der Waals surface area (Å²) in [6.45, 7) is 4.59. The van der Waals surface area contributed by atoms with Gasteiger partial charge in [0.1, 0.15) is 17.0 Å². The van der Waals surface area contributed by atoms with E-state index in [1.54, 1.807) is 0 Å². The minimum Gasteiger partial charge on any atom is -0.397 e. The van der Waals surface area contributed by atoms with Crippen LogP contribution in [0.3, 0.4) is 0 Å². The van der Waals surface area contributed by atoms with E-state index in [0.717, 1.165) is 30.8 Å². The summed E-state index contributed by atoms with van der Waals surface area (Å²) in [5, 5.41) is 9.43. The van der Waals surface area contributed by atoms with Crippen molar-refractivity contribution < 1.29 is 13.6 Å². The number of nitrogens with two attached hydrogens (primary N) is 1. The molecular formula is C23H27F2N5OS. The van der Waals surface area contributed by atoms with Gasteiger partial charge in [0.2, 0.25) is 0 Å². The Morgan fingerprint density at radius 3 is 2.94 bits per heavy atom. The first-order valence-corrected chi connectivity index (χ1v) is 11.8. The SMILES string of the molecule is CC1=CC=C2C(N)=C(C(=O)NCCc3cc(F)c(N4C[C@@H]5CCN[C@@H]5C4)cc3F)SC2N1. The Labute approximate surface area is 190 Å². The van der Waals surface area contributed by atoms with Crippen LogP contribution in [0.15, 0.2) is 46.2 Å². The molecule has 0 spiro atoms. The van der Waals surface area contributed by atoms with Crippen molar-refractivity contribution in [2.75, 3.05) is 31.1 Å². The monoisotopic (exact) mass is 459 g/mol. The number of hydrogen-bond donors (Lipinski definition) is 4. The Balaban J connectivity index is 1.20. The Morgan fingerprint density at radius 2 is 2.12 bits per heavy atom. The topological polar surface area (TPSA) is 82.4 Å². The number of benzene rings is 1. The van der Waals surface area contributed by atoms with Crippen LogP contribution in [0.4, 0.5) is 14.5 Å². The highest BCUT2D eigenvalue weighted by atomic mass is 32.2. The van der Waals surface area contributed by atoms with Gasteiger partial charge in [0.05, 0.1) is 16.3 Å². The molecule has 9 heteroatoms. The maximum Gasteiger partial charge on any atom is 0.259 e. The first kappa shape index (κ1) is 21.3. The molecule has 6 nitrogen and oxygen atoms in total. The lowest BCUT2D eigenvalue weighted by Gasteiger charge is -2.21. The summed E-state index contributed by atoms with van der Waals surface area (Å²) in [6.07, 6.45) is 5.12. The molecule has 0 aliphatic carbocycles. The van der Waals surface area contributed by atoms with E-state index in [1.807, 2.05) is 24.0 Å². The lowest BCUT2D eigenvalue weighted by Crippen LogP contribution is -2.30. The molecule has 32 heavy (non-hydrogen) atoms. The Kier molecular flexibility index (Phi) is 5.63. The van der Waals surface area contributed by atoms with Crippen molar-refractivity contribution in [1.29, 1.82) is 0 Å². The van der Waals surface area contributed by atoms with E-state index >= 15 is 0 Å². The molecule has 3 atom stereocenters. The Hall–Kier alpha value is -2.52. The molecule has 4 aliphatic heterocycles. The fraction of sp³-hybridized carbons (Fsp3) is 0.435. The third-order valence-corrected chi connectivity index (χ3v) is 7.90. The molecule has 0 aromatic heterocycles. The summed E-state index contributed by atoms with van der Waals surface area (Å²) >= 11 is 1.37. The number of carbonyl (C=O) groups is 1. The van der Waals surface area contributed by atoms with Gasteiger partial charge in [-0.05, 0) is 49.9 Å². The number of amides is 1. The van der Waals surface area contributed by atoms with E-state index in [0.29, 0.717) is 34.8 Å². The maximum absolute atomic E-state index is 14.8. The summed E-state index contributed by atoms with van der Waals surface area (Å²) in [6, 6.07) is 2.91. The summed E-state index contributed by atoms with van der Waals surface area (Å²) < 4.78 is 29.5. The molecule has 5 N–H and O–H groups in total. The second-order valence-electron chi connectivity index (χ2n) is 8.77. The fourth-order valence-electron chi connectivity index (χ4n) is 4.90. The highest BCUT2D eigenvalue weighted by Crippen LogP contribution is 2.40. The molecule has 0 radical (unpaired) electrons. The number of halogens is 2. The zero-order valence-corrected chi connectivity index (χ0v) is 18.7. The molecule has 170 valence electrons. The van der Waals surface area contributed by atoms with Crippen LogP contribution in [0.25, 0.3) is 0 Å². The summed E-state index contributed by atoms with van der Waals surface area (Å²) in [5.41, 5.74) is 9.08. The summed E-state index contributed by atoms with van der Waals surface area (Å²) in [4.78, 5) is 15.0. The standard InChI is InChI=1S/C23H27F2N5OS/c1-12-2-3-15-20(26)21(32-23(15)29-12)22(31)28-7-4-13-8-17(25)19(9-16(13)24)30-10-14-5-6-27-18(14)11-30/h2-3,8-9,14,18,23,27,29H,4-7,10-11,26H2,1H3,(H,28,31)/t14-,18+,23?/m0/s1. The molecule has 2 fully saturated rings. The predicted octanol–water partition coefficient (Wildman–Crippen LogP) is 2.10. The van der Waals surface area contributed by atoms with Crippen LogP contribution in [0.2, 0.25) is 0 Å². The van der Waals surface area contributed by atoms with E-state index in [2.05, 4.69) is 16.0 Å². The first-order valence-electron chi connectivity index (χ1n) is 11.0. The molecule has 2 saturated heterocycles. The Bertz CT molecular complexity index is 1040. The molecular weight excluding hydrogens is 432 g/mol. The third kappa shape index (κ3) is 3.88. The summed E-state index contributed by atoms with van der Waals surface area (Å²) in [7, 11) is 0. The van der Waals surface area contributed by atoms with Crippen LogP contribution < -0.4 is 26.6 Å². The number of carbonyl (C=O) groups excluding carboxylic acids is 1. The highest BCUT2D eigenvalue weighted by molar-refractivity contribution is 8.05. The van der Waals surface area contributed by atoms with Gasteiger partial charge in [0, 0.05) is 43.0 Å². The van der Waals surface area contributed by atoms with E-state index in [4.69, 9.17) is 5.73 Å². The first-order chi connectivity index (χ1) is 15.4. The highest BCUT2D eigenvalue weighted by Gasteiger charge is 2.37. The number of hydrogen-bond acceptors (Lipinski definition) is 6. The minimum atomic E-state index is -0.448. The van der Waals surface area contributed by atoms with Gasteiger partial charge in [-0.3, -0.25) is 4.79 Å².